The van der Waals surface area contributed by atoms with Crippen molar-refractivity contribution in [1.29, 1.82) is 0 Å². The second-order valence-corrected chi connectivity index (χ2v) is 6.09. The van der Waals surface area contributed by atoms with Gasteiger partial charge in [0.25, 0.3) is 5.78 Å². The van der Waals surface area contributed by atoms with Crippen LogP contribution in [0.1, 0.15) is 36.4 Å². The van der Waals surface area contributed by atoms with E-state index in [-0.39, 0.29) is 5.82 Å². The van der Waals surface area contributed by atoms with Gasteiger partial charge < -0.3 is 5.32 Å². The summed E-state index contributed by atoms with van der Waals surface area (Å²) < 4.78 is 14.9. The first kappa shape index (κ1) is 14.1. The van der Waals surface area contributed by atoms with Crippen molar-refractivity contribution in [2.24, 2.45) is 0 Å². The standard InChI is InChI=1S/C17H18FN5/c1-11-9-16(23-17(21-11)19-10-20-23)22-15-4-2-3-14(15)12-5-7-13(18)8-6-12/h5-10,14-15,22H,2-4H2,1H3. The maximum absolute atomic E-state index is 13.2. The molecule has 2 unspecified atom stereocenters. The lowest BCUT2D eigenvalue weighted by Gasteiger charge is -2.22. The Morgan fingerprint density at radius 3 is 2.87 bits per heavy atom. The van der Waals surface area contributed by atoms with Crippen LogP contribution >= 0.6 is 0 Å². The van der Waals surface area contributed by atoms with Crippen LogP contribution in [0.3, 0.4) is 0 Å². The van der Waals surface area contributed by atoms with Crippen LogP contribution in [0, 0.1) is 12.7 Å². The van der Waals surface area contributed by atoms with Gasteiger partial charge in [-0.2, -0.15) is 14.6 Å². The minimum absolute atomic E-state index is 0.190. The summed E-state index contributed by atoms with van der Waals surface area (Å²) >= 11 is 0. The number of aromatic nitrogens is 4. The van der Waals surface area contributed by atoms with E-state index in [9.17, 15) is 4.39 Å². The summed E-state index contributed by atoms with van der Waals surface area (Å²) in [7, 11) is 0. The highest BCUT2D eigenvalue weighted by Crippen LogP contribution is 2.36. The number of halogens is 1. The molecule has 5 nitrogen and oxygen atoms in total. The number of nitrogens with one attached hydrogen (secondary N) is 1. The molecule has 0 aliphatic heterocycles. The fourth-order valence-electron chi connectivity index (χ4n) is 3.47. The van der Waals surface area contributed by atoms with Crippen molar-refractivity contribution in [3.8, 4) is 0 Å². The van der Waals surface area contributed by atoms with Crippen molar-refractivity contribution in [2.45, 2.75) is 38.1 Å². The second kappa shape index (κ2) is 5.61. The van der Waals surface area contributed by atoms with Crippen LogP contribution in [0.5, 0.6) is 0 Å². The molecule has 1 aromatic carbocycles. The van der Waals surface area contributed by atoms with Crippen molar-refractivity contribution in [3.05, 3.63) is 53.7 Å². The lowest BCUT2D eigenvalue weighted by molar-refractivity contribution is 0.617. The number of hydrogen-bond acceptors (Lipinski definition) is 4. The molecule has 23 heavy (non-hydrogen) atoms. The molecule has 2 atom stereocenters. The predicted octanol–water partition coefficient (Wildman–Crippen LogP) is 3.32. The third-order valence-corrected chi connectivity index (χ3v) is 4.53. The van der Waals surface area contributed by atoms with Gasteiger partial charge in [0.1, 0.15) is 18.0 Å². The van der Waals surface area contributed by atoms with E-state index in [1.54, 1.807) is 4.52 Å². The smallest absolute Gasteiger partial charge is 0.254 e. The summed E-state index contributed by atoms with van der Waals surface area (Å²) in [6.45, 7) is 1.95. The molecule has 1 aliphatic carbocycles. The highest BCUT2D eigenvalue weighted by Gasteiger charge is 2.29. The van der Waals surface area contributed by atoms with Crippen molar-refractivity contribution in [2.75, 3.05) is 5.32 Å². The zero-order chi connectivity index (χ0) is 15.8. The Bertz CT molecular complexity index is 827. The van der Waals surface area contributed by atoms with Gasteiger partial charge in [-0.05, 0) is 37.5 Å². The average Bonchev–Trinajstić information content (AvgIpc) is 3.17. The third-order valence-electron chi connectivity index (χ3n) is 4.53. The molecule has 1 aliphatic rings. The zero-order valence-electron chi connectivity index (χ0n) is 12.9. The molecule has 0 bridgehead atoms. The van der Waals surface area contributed by atoms with Crippen molar-refractivity contribution >= 4 is 11.6 Å². The van der Waals surface area contributed by atoms with Crippen LogP contribution in [-0.2, 0) is 0 Å². The fraction of sp³-hybridized carbons (Fsp3) is 0.353. The first-order valence-electron chi connectivity index (χ1n) is 7.90. The SMILES string of the molecule is Cc1cc(NC2CCCC2c2ccc(F)cc2)n2ncnc2n1. The van der Waals surface area contributed by atoms with Gasteiger partial charge in [-0.15, -0.1) is 0 Å². The molecule has 6 heteroatoms. The molecule has 1 N–H and O–H groups in total. The molecule has 4 rings (SSSR count). The lowest BCUT2D eigenvalue weighted by atomic mass is 9.94. The number of aryl methyl sites for hydroxylation is 1. The molecule has 2 aromatic heterocycles. The Morgan fingerprint density at radius 2 is 2.04 bits per heavy atom. The molecule has 1 saturated carbocycles. The van der Waals surface area contributed by atoms with Gasteiger partial charge >= 0.3 is 0 Å². The van der Waals surface area contributed by atoms with Crippen LogP contribution < -0.4 is 5.32 Å². The third kappa shape index (κ3) is 2.65. The molecule has 0 amide bonds. The van der Waals surface area contributed by atoms with Crippen molar-refractivity contribution in [1.82, 2.24) is 19.6 Å². The van der Waals surface area contributed by atoms with Crippen LogP contribution in [0.25, 0.3) is 5.78 Å². The minimum Gasteiger partial charge on any atom is -0.367 e. The molecule has 0 spiro atoms. The van der Waals surface area contributed by atoms with Gasteiger partial charge in [0.15, 0.2) is 0 Å². The highest BCUT2D eigenvalue weighted by molar-refractivity contribution is 5.46. The van der Waals surface area contributed by atoms with Crippen molar-refractivity contribution in [3.63, 3.8) is 0 Å². The van der Waals surface area contributed by atoms with E-state index in [1.807, 2.05) is 25.1 Å². The number of benzene rings is 1. The van der Waals surface area contributed by atoms with E-state index < -0.39 is 0 Å². The molecule has 2 heterocycles. The van der Waals surface area contributed by atoms with E-state index in [0.717, 1.165) is 30.8 Å². The van der Waals surface area contributed by atoms with Gasteiger partial charge in [0, 0.05) is 23.7 Å². The molecule has 0 saturated heterocycles. The van der Waals surface area contributed by atoms with Gasteiger partial charge in [0.05, 0.1) is 0 Å². The molecule has 3 aromatic rings. The van der Waals surface area contributed by atoms with Gasteiger partial charge in [-0.3, -0.25) is 0 Å². The van der Waals surface area contributed by atoms with E-state index in [4.69, 9.17) is 0 Å². The first-order chi connectivity index (χ1) is 11.2. The summed E-state index contributed by atoms with van der Waals surface area (Å²) in [5.41, 5.74) is 2.09. The Kier molecular flexibility index (Phi) is 3.44. The number of nitrogens with zero attached hydrogens (tertiary/aromatic N) is 4. The largest absolute Gasteiger partial charge is 0.367 e. The fourth-order valence-corrected chi connectivity index (χ4v) is 3.47. The summed E-state index contributed by atoms with van der Waals surface area (Å²) in [6.07, 6.45) is 4.86. The zero-order valence-corrected chi connectivity index (χ0v) is 12.9. The Hall–Kier alpha value is -2.50. The normalized spacial score (nSPS) is 21.0. The minimum atomic E-state index is -0.190. The Labute approximate surface area is 133 Å². The molecular weight excluding hydrogens is 293 g/mol. The van der Waals surface area contributed by atoms with Crippen LogP contribution in [0.15, 0.2) is 36.7 Å². The highest BCUT2D eigenvalue weighted by atomic mass is 19.1. The van der Waals surface area contributed by atoms with Gasteiger partial charge in [-0.1, -0.05) is 18.6 Å². The summed E-state index contributed by atoms with van der Waals surface area (Å²) in [6, 6.07) is 9.15. The second-order valence-electron chi connectivity index (χ2n) is 6.09. The molecule has 0 radical (unpaired) electrons. The lowest BCUT2D eigenvalue weighted by Crippen LogP contribution is -2.24. The maximum atomic E-state index is 13.2. The monoisotopic (exact) mass is 311 g/mol. The predicted molar refractivity (Wildman–Crippen MR) is 85.9 cm³/mol. The molecular formula is C17H18FN5. The Balaban J connectivity index is 1.64. The quantitative estimate of drug-likeness (QED) is 0.806. The van der Waals surface area contributed by atoms with E-state index in [1.165, 1.54) is 24.0 Å². The number of anilines is 1. The molecule has 118 valence electrons. The van der Waals surface area contributed by atoms with Crippen LogP contribution in [-0.4, -0.2) is 25.6 Å². The van der Waals surface area contributed by atoms with Gasteiger partial charge in [-0.25, -0.2) is 9.37 Å². The summed E-state index contributed by atoms with van der Waals surface area (Å²) in [5, 5.41) is 7.84. The first-order valence-corrected chi connectivity index (χ1v) is 7.90. The maximum Gasteiger partial charge on any atom is 0.254 e. The van der Waals surface area contributed by atoms with E-state index in [0.29, 0.717) is 17.7 Å². The van der Waals surface area contributed by atoms with Gasteiger partial charge in [0.2, 0.25) is 0 Å². The topological polar surface area (TPSA) is 55.1 Å². The average molecular weight is 311 g/mol. The van der Waals surface area contributed by atoms with Crippen LogP contribution in [0.2, 0.25) is 0 Å². The number of hydrogen-bond donors (Lipinski definition) is 1. The summed E-state index contributed by atoms with van der Waals surface area (Å²) in [4.78, 5) is 8.53. The van der Waals surface area contributed by atoms with Crippen LogP contribution in [0.4, 0.5) is 10.2 Å². The molecule has 1 fully saturated rings. The summed E-state index contributed by atoms with van der Waals surface area (Å²) in [5.74, 6) is 1.70. The number of fused-ring (bicyclic) bond motifs is 1. The van der Waals surface area contributed by atoms with E-state index >= 15 is 0 Å². The van der Waals surface area contributed by atoms with Crippen molar-refractivity contribution < 1.29 is 4.39 Å². The van der Waals surface area contributed by atoms with E-state index in [2.05, 4.69) is 20.4 Å². The Morgan fingerprint density at radius 1 is 1.22 bits per heavy atom. The number of rotatable bonds is 3.